The smallest absolute Gasteiger partial charge is 0.261 e. The largest absolute Gasteiger partial charge is 0.497 e. The highest BCUT2D eigenvalue weighted by molar-refractivity contribution is 6.32. The fraction of sp³-hybridized carbons (Fsp3) is 0.355. The standard InChI is InChI=1S/C31H35ClN2O4/c1-37-26-16-10-13-24(19-26)21-34(30(35)22-38-29-18-9-8-17-27(29)32)28(20-23-11-4-2-5-12-23)31(36)33-25-14-6-3-7-15-25/h2,4-5,8-13,16-19,25,28H,3,6-7,14-15,20-22H2,1H3,(H,33,36). The molecule has 1 fully saturated rings. The molecule has 0 saturated heterocycles. The summed E-state index contributed by atoms with van der Waals surface area (Å²) in [7, 11) is 1.61. The number of methoxy groups -OCH3 is 1. The number of nitrogens with zero attached hydrogens (tertiary/aromatic N) is 1. The van der Waals surface area contributed by atoms with E-state index in [0.29, 0.717) is 22.9 Å². The molecule has 0 bridgehead atoms. The minimum atomic E-state index is -0.715. The number of rotatable bonds is 11. The minimum absolute atomic E-state index is 0.127. The second-order valence-corrected chi connectivity index (χ2v) is 10.0. The van der Waals surface area contributed by atoms with Gasteiger partial charge in [0, 0.05) is 19.0 Å². The van der Waals surface area contributed by atoms with Crippen LogP contribution < -0.4 is 14.8 Å². The molecule has 0 aromatic heterocycles. The first-order valence-electron chi connectivity index (χ1n) is 13.2. The lowest BCUT2D eigenvalue weighted by Crippen LogP contribution is -2.53. The molecule has 7 heteroatoms. The van der Waals surface area contributed by atoms with Crippen molar-refractivity contribution in [2.75, 3.05) is 13.7 Å². The number of nitrogens with one attached hydrogen (secondary N) is 1. The van der Waals surface area contributed by atoms with Crippen LogP contribution in [0.1, 0.15) is 43.2 Å². The van der Waals surface area contributed by atoms with Crippen molar-refractivity contribution >= 4 is 23.4 Å². The van der Waals surface area contributed by atoms with E-state index in [-0.39, 0.29) is 31.0 Å². The van der Waals surface area contributed by atoms with Gasteiger partial charge in [0.1, 0.15) is 17.5 Å². The molecule has 1 unspecified atom stereocenters. The summed E-state index contributed by atoms with van der Waals surface area (Å²) in [6, 6.07) is 23.8. The molecule has 1 N–H and O–H groups in total. The summed E-state index contributed by atoms with van der Waals surface area (Å²) < 4.78 is 11.2. The van der Waals surface area contributed by atoms with Gasteiger partial charge >= 0.3 is 0 Å². The third-order valence-electron chi connectivity index (χ3n) is 6.90. The summed E-state index contributed by atoms with van der Waals surface area (Å²) in [6.45, 7) is -0.00674. The lowest BCUT2D eigenvalue weighted by atomic mass is 9.94. The molecule has 3 aromatic carbocycles. The zero-order valence-corrected chi connectivity index (χ0v) is 22.5. The van der Waals surface area contributed by atoms with Gasteiger partial charge in [-0.3, -0.25) is 9.59 Å². The normalized spacial score (nSPS) is 14.4. The summed E-state index contributed by atoms with van der Waals surface area (Å²) >= 11 is 6.25. The van der Waals surface area contributed by atoms with Crippen LogP contribution in [0.15, 0.2) is 78.9 Å². The van der Waals surface area contributed by atoms with E-state index in [1.54, 1.807) is 36.3 Å². The molecule has 0 aliphatic heterocycles. The lowest BCUT2D eigenvalue weighted by molar-refractivity contribution is -0.143. The lowest BCUT2D eigenvalue weighted by Gasteiger charge is -2.33. The second kappa shape index (κ2) is 13.9. The summed E-state index contributed by atoms with van der Waals surface area (Å²) in [5.74, 6) is 0.672. The Morgan fingerprint density at radius 2 is 1.66 bits per heavy atom. The number of hydrogen-bond acceptors (Lipinski definition) is 4. The molecule has 0 spiro atoms. The Bertz CT molecular complexity index is 1200. The summed E-state index contributed by atoms with van der Waals surface area (Å²) in [6.07, 6.45) is 5.71. The van der Waals surface area contributed by atoms with E-state index in [0.717, 1.165) is 36.8 Å². The third-order valence-corrected chi connectivity index (χ3v) is 7.21. The van der Waals surface area contributed by atoms with Gasteiger partial charge in [-0.1, -0.05) is 85.5 Å². The van der Waals surface area contributed by atoms with Gasteiger partial charge in [0.25, 0.3) is 5.91 Å². The Labute approximate surface area is 229 Å². The van der Waals surface area contributed by atoms with Crippen molar-refractivity contribution in [3.05, 3.63) is 95.0 Å². The van der Waals surface area contributed by atoms with Crippen molar-refractivity contribution in [2.24, 2.45) is 0 Å². The summed E-state index contributed by atoms with van der Waals surface area (Å²) in [5, 5.41) is 3.67. The molecule has 200 valence electrons. The van der Waals surface area contributed by atoms with Crippen LogP contribution in [0.4, 0.5) is 0 Å². The molecular weight excluding hydrogens is 500 g/mol. The van der Waals surface area contributed by atoms with Crippen molar-refractivity contribution in [1.29, 1.82) is 0 Å². The van der Waals surface area contributed by atoms with E-state index in [9.17, 15) is 9.59 Å². The Hall–Kier alpha value is -3.51. The Kier molecular flexibility index (Phi) is 10.0. The molecule has 1 saturated carbocycles. The quantitative estimate of drug-likeness (QED) is 0.337. The van der Waals surface area contributed by atoms with Gasteiger partial charge in [0.2, 0.25) is 5.91 Å². The predicted molar refractivity (Wildman–Crippen MR) is 149 cm³/mol. The maximum atomic E-state index is 13.8. The number of amides is 2. The maximum Gasteiger partial charge on any atom is 0.261 e. The molecule has 4 rings (SSSR count). The molecule has 1 aliphatic carbocycles. The number of hydrogen-bond donors (Lipinski definition) is 1. The molecule has 1 aliphatic rings. The Balaban J connectivity index is 1.63. The zero-order valence-electron chi connectivity index (χ0n) is 21.8. The first-order chi connectivity index (χ1) is 18.5. The topological polar surface area (TPSA) is 67.9 Å². The van der Waals surface area contributed by atoms with Gasteiger partial charge in [-0.15, -0.1) is 0 Å². The van der Waals surface area contributed by atoms with E-state index >= 15 is 0 Å². The predicted octanol–water partition coefficient (Wildman–Crippen LogP) is 5.82. The number of benzene rings is 3. The van der Waals surface area contributed by atoms with Crippen LogP contribution >= 0.6 is 11.6 Å². The van der Waals surface area contributed by atoms with Gasteiger partial charge in [-0.05, 0) is 48.2 Å². The van der Waals surface area contributed by atoms with Crippen LogP contribution in [0, 0.1) is 0 Å². The fourth-order valence-electron chi connectivity index (χ4n) is 4.85. The van der Waals surface area contributed by atoms with Crippen LogP contribution in [0.25, 0.3) is 0 Å². The van der Waals surface area contributed by atoms with E-state index in [2.05, 4.69) is 5.32 Å². The third kappa shape index (κ3) is 7.75. The van der Waals surface area contributed by atoms with Crippen molar-refractivity contribution in [2.45, 2.75) is 57.2 Å². The highest BCUT2D eigenvalue weighted by atomic mass is 35.5. The number of carbonyl (C=O) groups is 2. The number of carbonyl (C=O) groups excluding carboxylic acids is 2. The van der Waals surface area contributed by atoms with Crippen LogP contribution in [-0.2, 0) is 22.6 Å². The molecule has 6 nitrogen and oxygen atoms in total. The van der Waals surface area contributed by atoms with Crippen molar-refractivity contribution < 1.29 is 19.1 Å². The van der Waals surface area contributed by atoms with Crippen LogP contribution in [0.5, 0.6) is 11.5 Å². The second-order valence-electron chi connectivity index (χ2n) is 9.64. The highest BCUT2D eigenvalue weighted by Gasteiger charge is 2.32. The average Bonchev–Trinajstić information content (AvgIpc) is 2.95. The Morgan fingerprint density at radius 3 is 2.39 bits per heavy atom. The number of ether oxygens (including phenoxy) is 2. The van der Waals surface area contributed by atoms with Crippen LogP contribution in [-0.4, -0.2) is 42.5 Å². The van der Waals surface area contributed by atoms with E-state index in [1.807, 2.05) is 54.6 Å². The highest BCUT2D eigenvalue weighted by Crippen LogP contribution is 2.24. The van der Waals surface area contributed by atoms with Crippen molar-refractivity contribution in [3.63, 3.8) is 0 Å². The Morgan fingerprint density at radius 1 is 0.947 bits per heavy atom. The van der Waals surface area contributed by atoms with Gasteiger partial charge in [0.05, 0.1) is 12.1 Å². The van der Waals surface area contributed by atoms with Gasteiger partial charge in [0.15, 0.2) is 6.61 Å². The zero-order chi connectivity index (χ0) is 26.7. The number of para-hydroxylation sites is 1. The van der Waals surface area contributed by atoms with E-state index < -0.39 is 6.04 Å². The van der Waals surface area contributed by atoms with Gasteiger partial charge in [-0.25, -0.2) is 0 Å². The van der Waals surface area contributed by atoms with E-state index in [4.69, 9.17) is 21.1 Å². The van der Waals surface area contributed by atoms with E-state index in [1.165, 1.54) is 6.42 Å². The van der Waals surface area contributed by atoms with Crippen molar-refractivity contribution in [1.82, 2.24) is 10.2 Å². The maximum absolute atomic E-state index is 13.8. The van der Waals surface area contributed by atoms with Crippen molar-refractivity contribution in [3.8, 4) is 11.5 Å². The monoisotopic (exact) mass is 534 g/mol. The molecule has 0 heterocycles. The molecule has 3 aromatic rings. The minimum Gasteiger partial charge on any atom is -0.497 e. The molecular formula is C31H35ClN2O4. The SMILES string of the molecule is COc1cccc(CN(C(=O)COc2ccccc2Cl)C(Cc2ccccc2)C(=O)NC2CCCCC2)c1. The van der Waals surface area contributed by atoms with Crippen LogP contribution in [0.3, 0.4) is 0 Å². The van der Waals surface area contributed by atoms with Crippen LogP contribution in [0.2, 0.25) is 5.02 Å². The first kappa shape index (κ1) is 27.5. The molecule has 1 atom stereocenters. The number of halogens is 1. The molecule has 38 heavy (non-hydrogen) atoms. The summed E-state index contributed by atoms with van der Waals surface area (Å²) in [5.41, 5.74) is 1.84. The molecule has 2 amide bonds. The fourth-order valence-corrected chi connectivity index (χ4v) is 5.04. The average molecular weight is 535 g/mol. The molecule has 0 radical (unpaired) electrons. The van der Waals surface area contributed by atoms with Gasteiger partial charge < -0.3 is 19.7 Å². The van der Waals surface area contributed by atoms with Gasteiger partial charge in [-0.2, -0.15) is 0 Å². The summed E-state index contributed by atoms with van der Waals surface area (Å²) in [4.78, 5) is 29.2. The first-order valence-corrected chi connectivity index (χ1v) is 13.6.